The Bertz CT molecular complexity index is 1180. The molecule has 5 rings (SSSR count). The molecule has 3 aliphatic rings. The fourth-order valence-electron chi connectivity index (χ4n) is 6.81. The number of hydrogen-bond acceptors (Lipinski definition) is 6. The van der Waals surface area contributed by atoms with Crippen LogP contribution in [-0.4, -0.2) is 90.5 Å². The summed E-state index contributed by atoms with van der Waals surface area (Å²) in [5.74, 6) is 2.03. The monoisotopic (exact) mass is 525 g/mol. The van der Waals surface area contributed by atoms with Gasteiger partial charge in [0.2, 0.25) is 10.0 Å². The first-order chi connectivity index (χ1) is 17.7. The second kappa shape index (κ2) is 10.8. The summed E-state index contributed by atoms with van der Waals surface area (Å²) < 4.78 is 25.6. The molecule has 1 aromatic heterocycles. The average Bonchev–Trinajstić information content (AvgIpc) is 3.44. The van der Waals surface area contributed by atoms with Crippen molar-refractivity contribution in [2.45, 2.75) is 39.0 Å². The van der Waals surface area contributed by atoms with Crippen molar-refractivity contribution in [3.8, 4) is 0 Å². The molecule has 1 amide bonds. The Morgan fingerprint density at radius 3 is 2.14 bits per heavy atom. The summed E-state index contributed by atoms with van der Waals surface area (Å²) in [5, 5.41) is 0. The molecule has 200 valence electrons. The van der Waals surface area contributed by atoms with Gasteiger partial charge in [-0.3, -0.25) is 4.79 Å². The largest absolute Gasteiger partial charge is 0.338 e. The minimum Gasteiger partial charge on any atom is -0.338 e. The third kappa shape index (κ3) is 5.73. The second-order valence-corrected chi connectivity index (χ2v) is 13.2. The molecule has 1 unspecified atom stereocenters. The number of rotatable bonds is 7. The van der Waals surface area contributed by atoms with E-state index in [1.807, 2.05) is 18.7 Å². The highest BCUT2D eigenvalue weighted by atomic mass is 32.2. The van der Waals surface area contributed by atoms with E-state index in [0.717, 1.165) is 63.4 Å². The molecule has 0 saturated carbocycles. The van der Waals surface area contributed by atoms with Gasteiger partial charge in [0.1, 0.15) is 6.33 Å². The molecule has 4 heterocycles. The molecule has 3 aliphatic heterocycles. The van der Waals surface area contributed by atoms with E-state index in [0.29, 0.717) is 42.3 Å². The van der Waals surface area contributed by atoms with Crippen molar-refractivity contribution in [1.82, 2.24) is 24.1 Å². The molecule has 0 radical (unpaired) electrons. The summed E-state index contributed by atoms with van der Waals surface area (Å²) in [5.41, 5.74) is 3.54. The van der Waals surface area contributed by atoms with Crippen LogP contribution >= 0.6 is 0 Å². The summed E-state index contributed by atoms with van der Waals surface area (Å²) in [4.78, 5) is 26.3. The van der Waals surface area contributed by atoms with Gasteiger partial charge in [-0.25, -0.2) is 22.7 Å². The fourth-order valence-corrected chi connectivity index (χ4v) is 7.68. The van der Waals surface area contributed by atoms with Crippen LogP contribution in [0.5, 0.6) is 0 Å². The van der Waals surface area contributed by atoms with Gasteiger partial charge in [-0.15, -0.1) is 0 Å². The quantitative estimate of drug-likeness (QED) is 0.553. The minimum absolute atomic E-state index is 0.0705. The number of sulfonamides is 1. The van der Waals surface area contributed by atoms with E-state index >= 15 is 0 Å². The molecule has 0 N–H and O–H groups in total. The molecule has 3 fully saturated rings. The number of aromatic nitrogens is 2. The minimum atomic E-state index is -3.12. The number of benzene rings is 1. The molecule has 9 heteroatoms. The average molecular weight is 526 g/mol. The Morgan fingerprint density at radius 2 is 1.57 bits per heavy atom. The summed E-state index contributed by atoms with van der Waals surface area (Å²) >= 11 is 0. The van der Waals surface area contributed by atoms with Gasteiger partial charge in [0.15, 0.2) is 0 Å². The van der Waals surface area contributed by atoms with E-state index in [-0.39, 0.29) is 5.91 Å². The van der Waals surface area contributed by atoms with Crippen LogP contribution in [0.4, 0.5) is 0 Å². The number of aryl methyl sites for hydroxylation is 2. The third-order valence-corrected chi connectivity index (χ3v) is 10.1. The smallest absolute Gasteiger partial charge is 0.257 e. The second-order valence-electron chi connectivity index (χ2n) is 11.2. The molecule has 8 nitrogen and oxygen atoms in total. The zero-order valence-corrected chi connectivity index (χ0v) is 23.0. The third-order valence-electron chi connectivity index (χ3n) is 8.81. The molecular weight excluding hydrogens is 486 g/mol. The van der Waals surface area contributed by atoms with E-state index in [1.54, 1.807) is 4.31 Å². The molecule has 0 aliphatic carbocycles. The number of likely N-dealkylation sites (tertiary alicyclic amines) is 2. The van der Waals surface area contributed by atoms with Gasteiger partial charge in [-0.2, -0.15) is 0 Å². The number of piperidine rings is 1. The van der Waals surface area contributed by atoms with Crippen LogP contribution in [0.1, 0.15) is 52.5 Å². The van der Waals surface area contributed by atoms with Crippen LogP contribution in [0.15, 0.2) is 36.7 Å². The number of hydrogen-bond donors (Lipinski definition) is 0. The summed E-state index contributed by atoms with van der Waals surface area (Å²) in [7, 11) is -3.12. The van der Waals surface area contributed by atoms with Crippen molar-refractivity contribution in [1.29, 1.82) is 0 Å². The van der Waals surface area contributed by atoms with Crippen molar-refractivity contribution in [2.75, 3.05) is 52.1 Å². The Hall–Kier alpha value is -2.36. The van der Waals surface area contributed by atoms with Crippen molar-refractivity contribution < 1.29 is 13.2 Å². The highest BCUT2D eigenvalue weighted by Gasteiger charge is 2.42. The first-order valence-electron chi connectivity index (χ1n) is 13.5. The molecular formula is C28H39N5O3S. The predicted molar refractivity (Wildman–Crippen MR) is 144 cm³/mol. The summed E-state index contributed by atoms with van der Waals surface area (Å²) in [6, 6.07) is 10.7. The van der Waals surface area contributed by atoms with E-state index in [9.17, 15) is 13.2 Å². The van der Waals surface area contributed by atoms with Gasteiger partial charge >= 0.3 is 0 Å². The number of carbonyl (C=O) groups excluding carboxylic acids is 1. The maximum atomic E-state index is 13.2. The SMILES string of the molecule is Cc1ncnc(C)c1C(=O)N1C[C@H]2CN(CCC(c3ccccc3)C3CCN(S(C)(=O)=O)CC3)C[C@H]2C1. The zero-order chi connectivity index (χ0) is 26.2. The lowest BCUT2D eigenvalue weighted by atomic mass is 9.78. The number of carbonyl (C=O) groups is 1. The molecule has 3 atom stereocenters. The van der Waals surface area contributed by atoms with Crippen LogP contribution in [0, 0.1) is 31.6 Å². The lowest BCUT2D eigenvalue weighted by molar-refractivity contribution is 0.0771. The molecule has 2 aromatic rings. The Morgan fingerprint density at radius 1 is 0.973 bits per heavy atom. The molecule has 0 spiro atoms. The van der Waals surface area contributed by atoms with Crippen molar-refractivity contribution in [3.05, 3.63) is 59.2 Å². The number of nitrogens with zero attached hydrogens (tertiary/aromatic N) is 5. The number of amides is 1. The first-order valence-corrected chi connectivity index (χ1v) is 15.4. The van der Waals surface area contributed by atoms with Crippen LogP contribution in [0.3, 0.4) is 0 Å². The van der Waals surface area contributed by atoms with Crippen molar-refractivity contribution in [2.24, 2.45) is 17.8 Å². The first kappa shape index (κ1) is 26.3. The van der Waals surface area contributed by atoms with Crippen LogP contribution in [0.25, 0.3) is 0 Å². The van der Waals surface area contributed by atoms with Gasteiger partial charge in [-0.05, 0) is 68.9 Å². The molecule has 37 heavy (non-hydrogen) atoms. The Kier molecular flexibility index (Phi) is 7.65. The van der Waals surface area contributed by atoms with Crippen molar-refractivity contribution >= 4 is 15.9 Å². The lowest BCUT2D eigenvalue weighted by Crippen LogP contribution is -2.39. The lowest BCUT2D eigenvalue weighted by Gasteiger charge is -2.36. The van der Waals surface area contributed by atoms with E-state index < -0.39 is 10.0 Å². The highest BCUT2D eigenvalue weighted by Crippen LogP contribution is 2.38. The van der Waals surface area contributed by atoms with E-state index in [2.05, 4.69) is 45.2 Å². The summed E-state index contributed by atoms with van der Waals surface area (Å²) in [6.45, 7) is 9.73. The standard InChI is InChI=1S/C28H39N5O3S/c1-20-27(21(2)30-19-29-20)28(34)32-17-24-15-31(16-25(24)18-32)12-11-26(22-7-5-4-6-8-22)23-9-13-33(14-10-23)37(3,35)36/h4-8,19,23-26H,9-18H2,1-3H3/t24-,25+,26?. The number of fused-ring (bicyclic) bond motifs is 1. The van der Waals surface area contributed by atoms with Crippen molar-refractivity contribution in [3.63, 3.8) is 0 Å². The van der Waals surface area contributed by atoms with Gasteiger partial charge in [0.25, 0.3) is 5.91 Å². The topological polar surface area (TPSA) is 86.7 Å². The summed E-state index contributed by atoms with van der Waals surface area (Å²) in [6.07, 6.45) is 5.75. The molecule has 3 saturated heterocycles. The Labute approximate surface area is 221 Å². The highest BCUT2D eigenvalue weighted by molar-refractivity contribution is 7.88. The normalized spacial score (nSPS) is 24.4. The van der Waals surface area contributed by atoms with Gasteiger partial charge in [0, 0.05) is 39.3 Å². The predicted octanol–water partition coefficient (Wildman–Crippen LogP) is 2.94. The molecule has 1 aromatic carbocycles. The van der Waals surface area contributed by atoms with E-state index in [4.69, 9.17) is 0 Å². The fraction of sp³-hybridized carbons (Fsp3) is 0.607. The maximum absolute atomic E-state index is 13.2. The van der Waals surface area contributed by atoms with Gasteiger partial charge in [0.05, 0.1) is 23.2 Å². The van der Waals surface area contributed by atoms with Gasteiger partial charge < -0.3 is 9.80 Å². The van der Waals surface area contributed by atoms with Crippen LogP contribution in [0.2, 0.25) is 0 Å². The zero-order valence-electron chi connectivity index (χ0n) is 22.2. The molecule has 0 bridgehead atoms. The van der Waals surface area contributed by atoms with Crippen LogP contribution in [-0.2, 0) is 10.0 Å². The maximum Gasteiger partial charge on any atom is 0.257 e. The Balaban J connectivity index is 1.18. The van der Waals surface area contributed by atoms with E-state index in [1.165, 1.54) is 18.1 Å². The van der Waals surface area contributed by atoms with Crippen LogP contribution < -0.4 is 0 Å². The van der Waals surface area contributed by atoms with Gasteiger partial charge in [-0.1, -0.05) is 30.3 Å².